The van der Waals surface area contributed by atoms with Crippen molar-refractivity contribution in [1.29, 1.82) is 0 Å². The number of aromatic nitrogens is 1. The van der Waals surface area contributed by atoms with Gasteiger partial charge in [-0.25, -0.2) is 9.78 Å². The molecule has 0 atom stereocenters. The van der Waals surface area contributed by atoms with Gasteiger partial charge in [-0.2, -0.15) is 0 Å². The Bertz CT molecular complexity index is 377. The first-order valence-electron chi connectivity index (χ1n) is 3.90. The number of aromatic amines is 1. The van der Waals surface area contributed by atoms with E-state index in [1.54, 1.807) is 24.5 Å². The third-order valence-corrected chi connectivity index (χ3v) is 1.14. The normalized spacial score (nSPS) is 14.8. The molecule has 1 aromatic rings. The number of carbonyl (C=O) groups excluding carboxylic acids is 1. The van der Waals surface area contributed by atoms with E-state index >= 15 is 0 Å². The molecule has 3 nitrogen and oxygen atoms in total. The van der Waals surface area contributed by atoms with Crippen LogP contribution in [0.1, 0.15) is 10.4 Å². The average Bonchev–Trinajstić information content (AvgIpc) is 2.13. The summed E-state index contributed by atoms with van der Waals surface area (Å²) in [6.07, 6.45) is 3.35. The van der Waals surface area contributed by atoms with Crippen molar-refractivity contribution >= 4 is 25.4 Å². The topological polar surface area (TPSA) is 40.4 Å². The summed E-state index contributed by atoms with van der Waals surface area (Å²) in [6.45, 7) is 0. The molecule has 0 aliphatic rings. The van der Waals surface area contributed by atoms with Crippen molar-refractivity contribution in [2.75, 3.05) is 7.11 Å². The molecule has 100 valence electrons. The van der Waals surface area contributed by atoms with E-state index in [-0.39, 0.29) is 5.97 Å². The van der Waals surface area contributed by atoms with Crippen molar-refractivity contribution in [1.82, 2.24) is 0 Å². The van der Waals surface area contributed by atoms with Crippen molar-refractivity contribution < 1.29 is 31.4 Å². The number of ether oxygens (including phenoxy) is 1. The van der Waals surface area contributed by atoms with E-state index in [1.165, 1.54) is 7.11 Å². The first-order valence-corrected chi connectivity index (χ1v) is 9.69. The number of H-pyrrole nitrogens is 1. The molecule has 0 aliphatic heterocycles. The summed E-state index contributed by atoms with van der Waals surface area (Å²) in [5.74, 6) is -0.311. The molecular formula is C7H8F6NO2Sb. The van der Waals surface area contributed by atoms with Crippen LogP contribution in [0.4, 0.5) is 16.9 Å². The number of nitrogens with one attached hydrogen (secondary N) is 1. The number of esters is 1. The quantitative estimate of drug-likeness (QED) is 0.431. The van der Waals surface area contributed by atoms with E-state index in [2.05, 4.69) is 9.72 Å². The molecule has 0 aromatic carbocycles. The number of methoxy groups -OCH3 is 1. The van der Waals surface area contributed by atoms with E-state index in [9.17, 15) is 21.7 Å². The molecule has 0 amide bonds. The monoisotopic (exact) mass is 373 g/mol. The molecular weight excluding hydrogens is 366 g/mol. The predicted molar refractivity (Wildman–Crippen MR) is 46.7 cm³/mol. The fraction of sp³-hybridized carbons (Fsp3) is 0.143. The molecule has 0 spiro atoms. The van der Waals surface area contributed by atoms with Gasteiger partial charge in [0.1, 0.15) is 0 Å². The molecule has 0 bridgehead atoms. The average molecular weight is 374 g/mol. The zero-order valence-corrected chi connectivity index (χ0v) is 10.9. The Kier molecular flexibility index (Phi) is 4.11. The van der Waals surface area contributed by atoms with Gasteiger partial charge in [0, 0.05) is 12.1 Å². The van der Waals surface area contributed by atoms with E-state index < -0.39 is 19.5 Å². The fourth-order valence-electron chi connectivity index (χ4n) is 0.641. The number of carbonyl (C=O) groups is 1. The molecule has 0 radical (unpaired) electrons. The molecule has 0 fully saturated rings. The Labute approximate surface area is 94.3 Å². The van der Waals surface area contributed by atoms with E-state index in [0.717, 1.165) is 0 Å². The first kappa shape index (κ1) is 16.0. The summed E-state index contributed by atoms with van der Waals surface area (Å²) in [6, 6.07) is 3.32. The van der Waals surface area contributed by atoms with Crippen LogP contribution in [0.15, 0.2) is 24.5 Å². The summed E-state index contributed by atoms with van der Waals surface area (Å²) in [5, 5.41) is 0. The Morgan fingerprint density at radius 2 is 1.47 bits per heavy atom. The number of hydrogen-bond acceptors (Lipinski definition) is 2. The van der Waals surface area contributed by atoms with Gasteiger partial charge in [0.15, 0.2) is 12.4 Å². The zero-order chi connectivity index (χ0) is 13.8. The van der Waals surface area contributed by atoms with Crippen molar-refractivity contribution in [2.45, 2.75) is 0 Å². The number of rotatable bonds is 1. The number of hydrogen-bond donors (Lipinski definition) is 0. The van der Waals surface area contributed by atoms with Crippen molar-refractivity contribution in [3.8, 4) is 0 Å². The Morgan fingerprint density at radius 3 is 1.76 bits per heavy atom. The summed E-state index contributed by atoms with van der Waals surface area (Å²) < 4.78 is 64.0. The molecule has 1 rings (SSSR count). The standard InChI is InChI=1S/C7H7NO2.6FH.Sb/c1-10-7(9)6-2-4-8-5-3-6;;;;;;;/h2-5H,1H3;6*1H;/q;;;;;;;+5/p-5. The molecule has 1 heterocycles. The van der Waals surface area contributed by atoms with Crippen molar-refractivity contribution in [2.24, 2.45) is 0 Å². The minimum absolute atomic E-state index is 0.311. The van der Waals surface area contributed by atoms with Crippen LogP contribution in [0, 0.1) is 0 Å². The number of pyridine rings is 1. The molecule has 0 aliphatic carbocycles. The van der Waals surface area contributed by atoms with Gasteiger partial charge in [0.25, 0.3) is 0 Å². The van der Waals surface area contributed by atoms with Crippen LogP contribution in [-0.2, 0) is 4.74 Å². The molecule has 0 saturated heterocycles. The molecule has 17 heavy (non-hydrogen) atoms. The van der Waals surface area contributed by atoms with Gasteiger partial charge in [-0.05, 0) is 0 Å². The van der Waals surface area contributed by atoms with Crippen LogP contribution in [0.3, 0.4) is 0 Å². The van der Waals surface area contributed by atoms with E-state index in [0.29, 0.717) is 5.56 Å². The van der Waals surface area contributed by atoms with Gasteiger partial charge in [-0.3, -0.25) is 0 Å². The summed E-state index contributed by atoms with van der Waals surface area (Å²) in [4.78, 5) is 13.6. The molecule has 10 heteroatoms. The van der Waals surface area contributed by atoms with Crippen LogP contribution in [0.25, 0.3) is 0 Å². The predicted octanol–water partition coefficient (Wildman–Crippen LogP) is 2.43. The zero-order valence-electron chi connectivity index (χ0n) is 8.34. The van der Waals surface area contributed by atoms with Crippen LogP contribution in [0.2, 0.25) is 0 Å². The minimum atomic E-state index is -11.2. The van der Waals surface area contributed by atoms with Gasteiger partial charge in [-0.1, -0.05) is 0 Å². The van der Waals surface area contributed by atoms with Gasteiger partial charge in [0.05, 0.1) is 12.7 Å². The fourth-order valence-corrected chi connectivity index (χ4v) is 0.641. The maximum atomic E-state index is 10.8. The summed E-state index contributed by atoms with van der Waals surface area (Å²) in [7, 11) is 1.36. The summed E-state index contributed by atoms with van der Waals surface area (Å²) in [5.41, 5.74) is 0.557. The molecule has 0 saturated carbocycles. The second kappa shape index (κ2) is 4.36. The molecule has 1 N–H and O–H groups in total. The van der Waals surface area contributed by atoms with Crippen molar-refractivity contribution in [3.05, 3.63) is 30.1 Å². The van der Waals surface area contributed by atoms with E-state index in [4.69, 9.17) is 0 Å². The van der Waals surface area contributed by atoms with Crippen LogP contribution in [-0.4, -0.2) is 32.6 Å². The van der Waals surface area contributed by atoms with Crippen molar-refractivity contribution in [3.63, 3.8) is 0 Å². The van der Waals surface area contributed by atoms with E-state index in [1.807, 2.05) is 0 Å². The summed E-state index contributed by atoms with van der Waals surface area (Å²) >= 11 is -11.2. The van der Waals surface area contributed by atoms with Gasteiger partial charge >= 0.3 is 42.3 Å². The SMILES string of the molecule is COC(=O)c1cc[nH+]cc1.[F][Sb-]([F])([F])([F])([F])[F]. The van der Waals surface area contributed by atoms with Gasteiger partial charge in [-0.15, -0.1) is 0 Å². The Morgan fingerprint density at radius 1 is 1.12 bits per heavy atom. The second-order valence-electron chi connectivity index (χ2n) is 2.74. The van der Waals surface area contributed by atoms with Gasteiger partial charge < -0.3 is 4.74 Å². The van der Waals surface area contributed by atoms with Gasteiger partial charge in [0.2, 0.25) is 0 Å². The van der Waals surface area contributed by atoms with Crippen LogP contribution in [0.5, 0.6) is 0 Å². The third kappa shape index (κ3) is 15.0. The Balaban J connectivity index is 0.000000325. The molecule has 0 unspecified atom stereocenters. The third-order valence-electron chi connectivity index (χ3n) is 1.14. The van der Waals surface area contributed by atoms with Crippen LogP contribution >= 0.6 is 0 Å². The first-order chi connectivity index (χ1) is 7.29. The molecule has 1 aromatic heterocycles. The second-order valence-corrected chi connectivity index (χ2v) is 8.21. The number of halogens is 6. The maximum absolute atomic E-state index is 11.2. The van der Waals surface area contributed by atoms with Crippen LogP contribution < -0.4 is 4.98 Å². The Hall–Kier alpha value is -0.982.